The molecule has 0 bridgehead atoms. The first-order chi connectivity index (χ1) is 6.02. The summed E-state index contributed by atoms with van der Waals surface area (Å²) in [6, 6.07) is 0. The Morgan fingerprint density at radius 2 is 1.92 bits per heavy atom. The number of rotatable bonds is 3. The highest BCUT2D eigenvalue weighted by Gasteiger charge is 2.13. The number of nitrogen functional groups attached to an aromatic ring is 1. The zero-order valence-corrected chi connectivity index (χ0v) is 8.78. The molecule has 4 nitrogen and oxygen atoms in total. The molecule has 0 amide bonds. The lowest BCUT2D eigenvalue weighted by molar-refractivity contribution is 0.452. The van der Waals surface area contributed by atoms with Gasteiger partial charge in [-0.3, -0.25) is 0 Å². The molecule has 74 valence electrons. The zero-order valence-electron chi connectivity index (χ0n) is 8.78. The molecule has 1 aromatic rings. The van der Waals surface area contributed by atoms with E-state index >= 15 is 0 Å². The summed E-state index contributed by atoms with van der Waals surface area (Å²) in [5.74, 6) is 1.52. The van der Waals surface area contributed by atoms with E-state index in [1.165, 1.54) is 0 Å². The van der Waals surface area contributed by atoms with Crippen molar-refractivity contribution in [2.45, 2.75) is 40.2 Å². The molecule has 0 radical (unpaired) electrons. The molecule has 2 N–H and O–H groups in total. The summed E-state index contributed by atoms with van der Waals surface area (Å²) in [4.78, 5) is 0. The van der Waals surface area contributed by atoms with Crippen LogP contribution in [-0.2, 0) is 6.54 Å². The van der Waals surface area contributed by atoms with Gasteiger partial charge in [0, 0.05) is 6.54 Å². The van der Waals surface area contributed by atoms with E-state index in [1.54, 1.807) is 0 Å². The molecule has 1 rings (SSSR count). The van der Waals surface area contributed by atoms with Gasteiger partial charge in [0.25, 0.3) is 0 Å². The third-order valence-corrected chi connectivity index (χ3v) is 1.89. The second kappa shape index (κ2) is 3.77. The van der Waals surface area contributed by atoms with E-state index in [1.807, 2.05) is 4.68 Å². The van der Waals surface area contributed by atoms with Gasteiger partial charge in [-0.05, 0) is 11.8 Å². The minimum Gasteiger partial charge on any atom is -0.381 e. The van der Waals surface area contributed by atoms with Crippen molar-refractivity contribution in [2.75, 3.05) is 5.73 Å². The Kier molecular flexibility index (Phi) is 2.90. The molecule has 0 aliphatic heterocycles. The van der Waals surface area contributed by atoms with E-state index in [9.17, 15) is 0 Å². The number of hydrogen-bond acceptors (Lipinski definition) is 3. The van der Waals surface area contributed by atoms with Crippen molar-refractivity contribution in [3.8, 4) is 0 Å². The second-order valence-electron chi connectivity index (χ2n) is 4.09. The van der Waals surface area contributed by atoms with Gasteiger partial charge in [0.05, 0.1) is 5.69 Å². The van der Waals surface area contributed by atoms with Gasteiger partial charge >= 0.3 is 0 Å². The smallest absolute Gasteiger partial charge is 0.169 e. The maximum Gasteiger partial charge on any atom is 0.169 e. The van der Waals surface area contributed by atoms with E-state index in [4.69, 9.17) is 5.73 Å². The van der Waals surface area contributed by atoms with Gasteiger partial charge in [-0.15, -0.1) is 5.10 Å². The summed E-state index contributed by atoms with van der Waals surface area (Å²) in [5.41, 5.74) is 6.77. The van der Waals surface area contributed by atoms with Crippen molar-refractivity contribution >= 4 is 5.82 Å². The fraction of sp³-hybridized carbons (Fsp3) is 0.778. The van der Waals surface area contributed by atoms with Gasteiger partial charge in [0.2, 0.25) is 0 Å². The summed E-state index contributed by atoms with van der Waals surface area (Å²) < 4.78 is 1.91. The van der Waals surface area contributed by atoms with Crippen LogP contribution in [0.1, 0.15) is 39.3 Å². The first-order valence-electron chi connectivity index (χ1n) is 4.71. The molecule has 0 atom stereocenters. The molecule has 0 fully saturated rings. The van der Waals surface area contributed by atoms with Crippen LogP contribution in [0.5, 0.6) is 0 Å². The Morgan fingerprint density at radius 3 is 2.38 bits per heavy atom. The van der Waals surface area contributed by atoms with E-state index in [0.29, 0.717) is 17.7 Å². The Labute approximate surface area is 79.1 Å². The quantitative estimate of drug-likeness (QED) is 0.773. The second-order valence-corrected chi connectivity index (χ2v) is 4.09. The van der Waals surface area contributed by atoms with E-state index in [0.717, 1.165) is 12.2 Å². The molecule has 0 aliphatic carbocycles. The summed E-state index contributed by atoms with van der Waals surface area (Å²) >= 11 is 0. The SMILES string of the molecule is CC(C)Cn1nnc(N)c1C(C)C. The van der Waals surface area contributed by atoms with Crippen LogP contribution in [0.2, 0.25) is 0 Å². The summed E-state index contributed by atoms with van der Waals surface area (Å²) in [6.45, 7) is 9.40. The lowest BCUT2D eigenvalue weighted by atomic mass is 10.1. The average Bonchev–Trinajstić information content (AvgIpc) is 2.30. The molecular formula is C9H18N4. The van der Waals surface area contributed by atoms with Crippen LogP contribution in [0, 0.1) is 5.92 Å². The number of hydrogen-bond donors (Lipinski definition) is 1. The predicted octanol–water partition coefficient (Wildman–Crippen LogP) is 1.64. The molecule has 0 saturated heterocycles. The van der Waals surface area contributed by atoms with E-state index in [-0.39, 0.29) is 0 Å². The highest BCUT2D eigenvalue weighted by Crippen LogP contribution is 2.19. The molecular weight excluding hydrogens is 164 g/mol. The van der Waals surface area contributed by atoms with Gasteiger partial charge in [-0.25, -0.2) is 4.68 Å². The Balaban J connectivity index is 2.94. The fourth-order valence-corrected chi connectivity index (χ4v) is 1.41. The largest absolute Gasteiger partial charge is 0.381 e. The van der Waals surface area contributed by atoms with Crippen molar-refractivity contribution in [1.29, 1.82) is 0 Å². The topological polar surface area (TPSA) is 56.7 Å². The third kappa shape index (κ3) is 2.20. The highest BCUT2D eigenvalue weighted by atomic mass is 15.4. The van der Waals surface area contributed by atoms with Gasteiger partial charge in [0.15, 0.2) is 5.82 Å². The van der Waals surface area contributed by atoms with E-state index < -0.39 is 0 Å². The minimum absolute atomic E-state index is 0.383. The summed E-state index contributed by atoms with van der Waals surface area (Å²) in [6.07, 6.45) is 0. The molecule has 0 aromatic carbocycles. The Morgan fingerprint density at radius 1 is 1.31 bits per heavy atom. The number of nitrogens with two attached hydrogens (primary N) is 1. The summed E-state index contributed by atoms with van der Waals surface area (Å²) in [7, 11) is 0. The van der Waals surface area contributed by atoms with Crippen LogP contribution in [0.4, 0.5) is 5.82 Å². The molecule has 0 spiro atoms. The lowest BCUT2D eigenvalue weighted by Gasteiger charge is -2.11. The van der Waals surface area contributed by atoms with Crippen LogP contribution in [-0.4, -0.2) is 15.0 Å². The van der Waals surface area contributed by atoms with Crippen molar-refractivity contribution in [1.82, 2.24) is 15.0 Å². The van der Waals surface area contributed by atoms with Gasteiger partial charge in [-0.1, -0.05) is 32.9 Å². The molecule has 1 heterocycles. The Bertz CT molecular complexity index is 275. The fourth-order valence-electron chi connectivity index (χ4n) is 1.41. The van der Waals surface area contributed by atoms with Crippen molar-refractivity contribution in [3.05, 3.63) is 5.69 Å². The maximum atomic E-state index is 5.72. The van der Waals surface area contributed by atoms with Gasteiger partial charge < -0.3 is 5.73 Å². The average molecular weight is 182 g/mol. The van der Waals surface area contributed by atoms with Crippen LogP contribution < -0.4 is 5.73 Å². The molecule has 0 aliphatic rings. The van der Waals surface area contributed by atoms with E-state index in [2.05, 4.69) is 38.0 Å². The highest BCUT2D eigenvalue weighted by molar-refractivity contribution is 5.35. The number of nitrogens with zero attached hydrogens (tertiary/aromatic N) is 3. The van der Waals surface area contributed by atoms with Crippen LogP contribution in [0.25, 0.3) is 0 Å². The van der Waals surface area contributed by atoms with Crippen molar-refractivity contribution < 1.29 is 0 Å². The Hall–Kier alpha value is -1.06. The predicted molar refractivity (Wildman–Crippen MR) is 53.4 cm³/mol. The zero-order chi connectivity index (χ0) is 10.0. The maximum absolute atomic E-state index is 5.72. The number of anilines is 1. The van der Waals surface area contributed by atoms with Crippen molar-refractivity contribution in [2.24, 2.45) is 5.92 Å². The normalized spacial score (nSPS) is 11.5. The molecule has 1 aromatic heterocycles. The number of aromatic nitrogens is 3. The molecule has 0 unspecified atom stereocenters. The first-order valence-corrected chi connectivity index (χ1v) is 4.71. The van der Waals surface area contributed by atoms with Gasteiger partial charge in [-0.2, -0.15) is 0 Å². The monoisotopic (exact) mass is 182 g/mol. The molecule has 4 heteroatoms. The minimum atomic E-state index is 0.383. The van der Waals surface area contributed by atoms with Crippen LogP contribution >= 0.6 is 0 Å². The van der Waals surface area contributed by atoms with Crippen LogP contribution in [0.3, 0.4) is 0 Å². The van der Waals surface area contributed by atoms with Crippen LogP contribution in [0.15, 0.2) is 0 Å². The van der Waals surface area contributed by atoms with Gasteiger partial charge in [0.1, 0.15) is 0 Å². The third-order valence-electron chi connectivity index (χ3n) is 1.89. The summed E-state index contributed by atoms with van der Waals surface area (Å²) in [5, 5.41) is 7.90. The lowest BCUT2D eigenvalue weighted by Crippen LogP contribution is -2.11. The van der Waals surface area contributed by atoms with Crippen molar-refractivity contribution in [3.63, 3.8) is 0 Å². The molecule has 13 heavy (non-hydrogen) atoms. The first kappa shape index (κ1) is 10.0. The standard InChI is InChI=1S/C9H18N4/c1-6(2)5-13-8(7(3)4)9(10)11-12-13/h6-7H,5,10H2,1-4H3. The molecule has 0 saturated carbocycles.